The fourth-order valence-corrected chi connectivity index (χ4v) is 4.95. The highest BCUT2D eigenvalue weighted by Gasteiger charge is 2.25. The molecule has 1 N–H and O–H groups in total. The third kappa shape index (κ3) is 5.31. The van der Waals surface area contributed by atoms with Gasteiger partial charge in [-0.1, -0.05) is 17.7 Å². The van der Waals surface area contributed by atoms with E-state index < -0.39 is 11.6 Å². The summed E-state index contributed by atoms with van der Waals surface area (Å²) in [5.74, 6) is -0.0859. The Labute approximate surface area is 236 Å². The molecule has 0 amide bonds. The average molecular weight is 559 g/mol. The first-order valence-electron chi connectivity index (χ1n) is 13.0. The molecule has 0 fully saturated rings. The van der Waals surface area contributed by atoms with Crippen LogP contribution in [0.2, 0.25) is 5.15 Å². The molecule has 5 aromatic rings. The Morgan fingerprint density at radius 3 is 2.60 bits per heavy atom. The molecule has 2 aromatic carbocycles. The van der Waals surface area contributed by atoms with Crippen LogP contribution in [0.1, 0.15) is 60.9 Å². The Balaban J connectivity index is 1.61. The lowest BCUT2D eigenvalue weighted by Gasteiger charge is -2.22. The number of benzene rings is 2. The first-order chi connectivity index (χ1) is 18.8. The zero-order valence-corrected chi connectivity index (χ0v) is 24.3. The normalized spacial score (nSPS) is 12.6. The number of aryl methyl sites for hydroxylation is 2. The van der Waals surface area contributed by atoms with Crippen molar-refractivity contribution in [2.75, 3.05) is 5.32 Å². The van der Waals surface area contributed by atoms with Crippen molar-refractivity contribution in [1.29, 1.82) is 0 Å². The summed E-state index contributed by atoms with van der Waals surface area (Å²) >= 11 is 6.13. The van der Waals surface area contributed by atoms with Crippen molar-refractivity contribution in [2.24, 2.45) is 7.05 Å². The highest BCUT2D eigenvalue weighted by atomic mass is 35.5. The molecule has 8 nitrogen and oxygen atoms in total. The van der Waals surface area contributed by atoms with Crippen LogP contribution in [-0.4, -0.2) is 26.3 Å². The average Bonchev–Trinajstić information content (AvgIpc) is 3.25. The van der Waals surface area contributed by atoms with Gasteiger partial charge in [0.15, 0.2) is 11.1 Å². The van der Waals surface area contributed by atoms with E-state index in [0.717, 1.165) is 27.6 Å². The maximum atomic E-state index is 13.6. The molecule has 1 atom stereocenters. The van der Waals surface area contributed by atoms with Crippen LogP contribution in [-0.2, 0) is 11.8 Å². The zero-order chi connectivity index (χ0) is 28.9. The van der Waals surface area contributed by atoms with Gasteiger partial charge < -0.3 is 14.5 Å². The van der Waals surface area contributed by atoms with Gasteiger partial charge in [-0.15, -0.1) is 0 Å². The molecule has 206 valence electrons. The molecule has 0 saturated heterocycles. The van der Waals surface area contributed by atoms with Crippen molar-refractivity contribution in [2.45, 2.75) is 53.2 Å². The molecule has 0 radical (unpaired) electrons. The summed E-state index contributed by atoms with van der Waals surface area (Å²) in [5.41, 5.74) is 4.07. The van der Waals surface area contributed by atoms with Gasteiger partial charge in [0, 0.05) is 35.3 Å². The summed E-state index contributed by atoms with van der Waals surface area (Å²) < 4.78 is 13.8. The number of nitrogens with one attached hydrogen (secondary N) is 1. The van der Waals surface area contributed by atoms with Gasteiger partial charge in [-0.05, 0) is 83.5 Å². The van der Waals surface area contributed by atoms with E-state index in [1.54, 1.807) is 44.5 Å². The van der Waals surface area contributed by atoms with Gasteiger partial charge in [0.05, 0.1) is 22.6 Å². The second kappa shape index (κ2) is 10.1. The quantitative estimate of drug-likeness (QED) is 0.181. The Morgan fingerprint density at radius 2 is 1.88 bits per heavy atom. The molecule has 3 aromatic heterocycles. The van der Waals surface area contributed by atoms with E-state index in [-0.39, 0.29) is 22.3 Å². The molecule has 3 heterocycles. The number of anilines is 1. The summed E-state index contributed by atoms with van der Waals surface area (Å²) in [4.78, 5) is 30.8. The van der Waals surface area contributed by atoms with Crippen LogP contribution in [0.4, 0.5) is 5.69 Å². The summed E-state index contributed by atoms with van der Waals surface area (Å²) in [6, 6.07) is 12.5. The standard InChI is InChI=1S/C31H31ClN4O4/c1-16-12-21(18(3)33-24-10-11-25(32)34-26(24)30(38)40-31(4,5)6)29-22(13-16)27(37)17(2)28(39-29)19-8-9-23-20(14-19)15-36(7)35-23/h8-15,18,33H,1-7H3/t18-/m1/s1. The largest absolute Gasteiger partial charge is 0.455 e. The summed E-state index contributed by atoms with van der Waals surface area (Å²) in [6.07, 6.45) is 1.93. The van der Waals surface area contributed by atoms with E-state index in [9.17, 15) is 9.59 Å². The SMILES string of the molecule is Cc1cc([C@@H](C)Nc2ccc(Cl)nc2C(=O)OC(C)(C)C)c2oc(-c3ccc4nn(C)cc4c3)c(C)c(=O)c2c1. The van der Waals surface area contributed by atoms with Gasteiger partial charge in [-0.2, -0.15) is 5.10 Å². The van der Waals surface area contributed by atoms with E-state index in [4.69, 9.17) is 20.8 Å². The van der Waals surface area contributed by atoms with E-state index in [1.165, 1.54) is 0 Å². The Bertz CT molecular complexity index is 1850. The molecule has 0 saturated carbocycles. The molecule has 40 heavy (non-hydrogen) atoms. The van der Waals surface area contributed by atoms with Crippen molar-refractivity contribution >= 4 is 45.1 Å². The minimum atomic E-state index is -0.701. The van der Waals surface area contributed by atoms with Gasteiger partial charge >= 0.3 is 5.97 Å². The maximum absolute atomic E-state index is 13.6. The number of fused-ring (bicyclic) bond motifs is 2. The van der Waals surface area contributed by atoms with Crippen LogP contribution in [0.5, 0.6) is 0 Å². The second-order valence-electron chi connectivity index (χ2n) is 11.1. The van der Waals surface area contributed by atoms with Gasteiger partial charge in [0.2, 0.25) is 0 Å². The number of ether oxygens (including phenoxy) is 1. The Morgan fingerprint density at radius 1 is 1.12 bits per heavy atom. The number of esters is 1. The molecule has 0 bridgehead atoms. The van der Waals surface area contributed by atoms with Crippen molar-refractivity contribution in [1.82, 2.24) is 14.8 Å². The van der Waals surface area contributed by atoms with Gasteiger partial charge in [-0.3, -0.25) is 9.48 Å². The van der Waals surface area contributed by atoms with Crippen LogP contribution < -0.4 is 10.7 Å². The molecule has 5 rings (SSSR count). The van der Waals surface area contributed by atoms with Crippen LogP contribution in [0.3, 0.4) is 0 Å². The molecule has 0 aliphatic rings. The fourth-order valence-electron chi connectivity index (χ4n) is 4.80. The van der Waals surface area contributed by atoms with Crippen molar-refractivity contribution < 1.29 is 13.9 Å². The van der Waals surface area contributed by atoms with Crippen LogP contribution in [0.25, 0.3) is 33.2 Å². The molecular formula is C31H31ClN4O4. The number of carbonyl (C=O) groups excluding carboxylic acids is 1. The number of hydrogen-bond donors (Lipinski definition) is 1. The molecule has 0 aliphatic heterocycles. The van der Waals surface area contributed by atoms with Crippen molar-refractivity contribution in [3.05, 3.63) is 86.4 Å². The van der Waals surface area contributed by atoms with E-state index in [0.29, 0.717) is 28.0 Å². The predicted molar refractivity (Wildman–Crippen MR) is 158 cm³/mol. The third-order valence-electron chi connectivity index (χ3n) is 6.57. The highest BCUT2D eigenvalue weighted by Crippen LogP contribution is 2.34. The van der Waals surface area contributed by atoms with E-state index in [1.807, 2.05) is 57.4 Å². The molecule has 0 aliphatic carbocycles. The highest BCUT2D eigenvalue weighted by molar-refractivity contribution is 6.29. The lowest BCUT2D eigenvalue weighted by Crippen LogP contribution is -2.25. The number of rotatable bonds is 5. The molecular weight excluding hydrogens is 528 g/mol. The monoisotopic (exact) mass is 558 g/mol. The Hall–Kier alpha value is -4.17. The minimum absolute atomic E-state index is 0.0778. The minimum Gasteiger partial charge on any atom is -0.455 e. The lowest BCUT2D eigenvalue weighted by atomic mass is 9.98. The second-order valence-corrected chi connectivity index (χ2v) is 11.5. The number of aromatic nitrogens is 3. The lowest BCUT2D eigenvalue weighted by molar-refractivity contribution is 0.00640. The number of carbonyl (C=O) groups is 1. The predicted octanol–water partition coefficient (Wildman–Crippen LogP) is 7.14. The Kier molecular flexibility index (Phi) is 6.92. The molecule has 0 unspecified atom stereocenters. The summed E-state index contributed by atoms with van der Waals surface area (Å²) in [5, 5.41) is 9.43. The number of hydrogen-bond acceptors (Lipinski definition) is 7. The topological polar surface area (TPSA) is 99.2 Å². The van der Waals surface area contributed by atoms with Gasteiger partial charge in [-0.25, -0.2) is 9.78 Å². The third-order valence-corrected chi connectivity index (χ3v) is 6.78. The summed E-state index contributed by atoms with van der Waals surface area (Å²) in [6.45, 7) is 11.0. The van der Waals surface area contributed by atoms with Crippen LogP contribution in [0, 0.1) is 13.8 Å². The maximum Gasteiger partial charge on any atom is 0.359 e. The first-order valence-corrected chi connectivity index (χ1v) is 13.4. The van der Waals surface area contributed by atoms with E-state index in [2.05, 4.69) is 15.4 Å². The number of pyridine rings is 1. The molecule has 9 heteroatoms. The number of halogens is 1. The van der Waals surface area contributed by atoms with Crippen LogP contribution in [0.15, 0.2) is 57.9 Å². The molecule has 0 spiro atoms. The number of nitrogens with zero attached hydrogens (tertiary/aromatic N) is 3. The van der Waals surface area contributed by atoms with Gasteiger partial charge in [0.1, 0.15) is 22.1 Å². The van der Waals surface area contributed by atoms with Crippen molar-refractivity contribution in [3.8, 4) is 11.3 Å². The smallest absolute Gasteiger partial charge is 0.359 e. The summed E-state index contributed by atoms with van der Waals surface area (Å²) in [7, 11) is 1.87. The zero-order valence-electron chi connectivity index (χ0n) is 23.5. The van der Waals surface area contributed by atoms with Gasteiger partial charge in [0.25, 0.3) is 0 Å². The first kappa shape index (κ1) is 27.4. The van der Waals surface area contributed by atoms with E-state index >= 15 is 0 Å². The van der Waals surface area contributed by atoms with Crippen LogP contribution >= 0.6 is 11.6 Å². The van der Waals surface area contributed by atoms with Crippen molar-refractivity contribution in [3.63, 3.8) is 0 Å². The fraction of sp³-hybridized carbons (Fsp3) is 0.290.